The van der Waals surface area contributed by atoms with Crippen molar-refractivity contribution in [2.45, 2.75) is 38.6 Å². The second-order valence-electron chi connectivity index (χ2n) is 5.30. The van der Waals surface area contributed by atoms with Crippen LogP contribution >= 0.6 is 0 Å². The molecule has 1 saturated heterocycles. The zero-order chi connectivity index (χ0) is 11.8. The molecule has 0 radical (unpaired) electrons. The quantitative estimate of drug-likeness (QED) is 0.750. The van der Waals surface area contributed by atoms with Crippen molar-refractivity contribution in [1.82, 2.24) is 4.90 Å². The molecule has 0 bridgehead atoms. The van der Waals surface area contributed by atoms with E-state index in [9.17, 15) is 9.90 Å². The van der Waals surface area contributed by atoms with Crippen LogP contribution in [0.15, 0.2) is 0 Å². The predicted octanol–water partition coefficient (Wildman–Crippen LogP) is 0.944. The molecule has 2 N–H and O–H groups in total. The maximum Gasteiger partial charge on any atom is 0.320 e. The lowest BCUT2D eigenvalue weighted by Gasteiger charge is -2.28. The number of fused-ring (bicyclic) bond motifs is 1. The maximum atomic E-state index is 11.1. The molecule has 3 atom stereocenters. The highest BCUT2D eigenvalue weighted by molar-refractivity contribution is 5.73. The van der Waals surface area contributed by atoms with Gasteiger partial charge in [-0.05, 0) is 25.2 Å². The van der Waals surface area contributed by atoms with Crippen molar-refractivity contribution in [1.29, 1.82) is 0 Å². The number of carboxylic acids is 1. The monoisotopic (exact) mass is 227 g/mol. The SMILES string of the molecule is CC[C@H](C(=O)O)N1C[C@@H]2CCC[C@@]2(CO)C1. The van der Waals surface area contributed by atoms with Gasteiger partial charge < -0.3 is 10.2 Å². The predicted molar refractivity (Wildman–Crippen MR) is 60.1 cm³/mol. The number of hydrogen-bond acceptors (Lipinski definition) is 3. The molecule has 0 amide bonds. The number of aliphatic hydroxyl groups excluding tert-OH is 1. The molecule has 92 valence electrons. The minimum atomic E-state index is -0.726. The molecule has 1 saturated carbocycles. The van der Waals surface area contributed by atoms with Gasteiger partial charge in [0.2, 0.25) is 0 Å². The lowest BCUT2D eigenvalue weighted by molar-refractivity contribution is -0.143. The zero-order valence-electron chi connectivity index (χ0n) is 9.85. The van der Waals surface area contributed by atoms with Gasteiger partial charge in [0, 0.05) is 18.5 Å². The minimum Gasteiger partial charge on any atom is -0.480 e. The number of carboxylic acid groups (broad SMARTS) is 1. The molecule has 2 aliphatic rings. The lowest BCUT2D eigenvalue weighted by atomic mass is 9.82. The summed E-state index contributed by atoms with van der Waals surface area (Å²) in [7, 11) is 0. The molecule has 2 fully saturated rings. The summed E-state index contributed by atoms with van der Waals surface area (Å²) in [5, 5.41) is 18.7. The van der Waals surface area contributed by atoms with Gasteiger partial charge in [-0.25, -0.2) is 0 Å². The summed E-state index contributed by atoms with van der Waals surface area (Å²) in [5.74, 6) is -0.221. The Hall–Kier alpha value is -0.610. The molecule has 1 aliphatic heterocycles. The van der Waals surface area contributed by atoms with Crippen LogP contribution < -0.4 is 0 Å². The Morgan fingerprint density at radius 2 is 2.38 bits per heavy atom. The number of aliphatic carboxylic acids is 1. The second kappa shape index (κ2) is 4.34. The van der Waals surface area contributed by atoms with Crippen molar-refractivity contribution in [2.24, 2.45) is 11.3 Å². The fourth-order valence-electron chi connectivity index (χ4n) is 3.54. The Morgan fingerprint density at radius 1 is 1.62 bits per heavy atom. The van der Waals surface area contributed by atoms with E-state index >= 15 is 0 Å². The van der Waals surface area contributed by atoms with Crippen molar-refractivity contribution < 1.29 is 15.0 Å². The summed E-state index contributed by atoms with van der Waals surface area (Å²) < 4.78 is 0. The van der Waals surface area contributed by atoms with Crippen LogP contribution in [0.5, 0.6) is 0 Å². The Morgan fingerprint density at radius 3 is 2.88 bits per heavy atom. The van der Waals surface area contributed by atoms with Gasteiger partial charge in [-0.1, -0.05) is 13.3 Å². The van der Waals surface area contributed by atoms with Crippen molar-refractivity contribution >= 4 is 5.97 Å². The van der Waals surface area contributed by atoms with E-state index in [1.807, 2.05) is 6.92 Å². The van der Waals surface area contributed by atoms with Gasteiger partial charge in [-0.3, -0.25) is 9.69 Å². The first-order valence-electron chi connectivity index (χ1n) is 6.20. The summed E-state index contributed by atoms with van der Waals surface area (Å²) in [4.78, 5) is 13.2. The van der Waals surface area contributed by atoms with Crippen LogP contribution in [0.3, 0.4) is 0 Å². The zero-order valence-corrected chi connectivity index (χ0v) is 9.85. The standard InChI is InChI=1S/C12H21NO3/c1-2-10(11(15)16)13-6-9-4-3-5-12(9,7-13)8-14/h9-10,14H,2-8H2,1H3,(H,15,16)/t9-,10+,12-/m0/s1. The molecule has 0 unspecified atom stereocenters. The average Bonchev–Trinajstić information content (AvgIpc) is 2.74. The molecule has 4 nitrogen and oxygen atoms in total. The average molecular weight is 227 g/mol. The molecule has 1 aliphatic carbocycles. The molecular weight excluding hydrogens is 206 g/mol. The Bertz CT molecular complexity index is 281. The van der Waals surface area contributed by atoms with Gasteiger partial charge in [-0.15, -0.1) is 0 Å². The van der Waals surface area contributed by atoms with E-state index in [0.717, 1.165) is 25.9 Å². The van der Waals surface area contributed by atoms with Gasteiger partial charge in [0.15, 0.2) is 0 Å². The third-order valence-corrected chi connectivity index (χ3v) is 4.49. The van der Waals surface area contributed by atoms with Crippen LogP contribution in [0, 0.1) is 11.3 Å². The fraction of sp³-hybridized carbons (Fsp3) is 0.917. The summed E-state index contributed by atoms with van der Waals surface area (Å²) in [5.41, 5.74) is 0.00285. The molecule has 0 aromatic rings. The smallest absolute Gasteiger partial charge is 0.320 e. The number of nitrogens with zero attached hydrogens (tertiary/aromatic N) is 1. The normalized spacial score (nSPS) is 36.2. The van der Waals surface area contributed by atoms with E-state index in [4.69, 9.17) is 5.11 Å². The third-order valence-electron chi connectivity index (χ3n) is 4.49. The van der Waals surface area contributed by atoms with Gasteiger partial charge in [-0.2, -0.15) is 0 Å². The summed E-state index contributed by atoms with van der Waals surface area (Å²) in [6.45, 7) is 3.74. The highest BCUT2D eigenvalue weighted by Crippen LogP contribution is 2.48. The first-order chi connectivity index (χ1) is 7.63. The highest BCUT2D eigenvalue weighted by atomic mass is 16.4. The van der Waals surface area contributed by atoms with Crippen LogP contribution in [0.1, 0.15) is 32.6 Å². The lowest BCUT2D eigenvalue weighted by Crippen LogP contribution is -2.41. The van der Waals surface area contributed by atoms with Crippen LogP contribution in [0.2, 0.25) is 0 Å². The third kappa shape index (κ3) is 1.74. The van der Waals surface area contributed by atoms with Gasteiger partial charge in [0.05, 0.1) is 6.61 Å². The van der Waals surface area contributed by atoms with Gasteiger partial charge in [0.1, 0.15) is 6.04 Å². The second-order valence-corrected chi connectivity index (χ2v) is 5.30. The number of rotatable bonds is 4. The van der Waals surface area contributed by atoms with Gasteiger partial charge in [0.25, 0.3) is 0 Å². The van der Waals surface area contributed by atoms with E-state index < -0.39 is 5.97 Å². The van der Waals surface area contributed by atoms with E-state index in [-0.39, 0.29) is 18.1 Å². The number of hydrogen-bond donors (Lipinski definition) is 2. The minimum absolute atomic E-state index is 0.00285. The van der Waals surface area contributed by atoms with Crippen molar-refractivity contribution in [3.05, 3.63) is 0 Å². The summed E-state index contributed by atoms with van der Waals surface area (Å²) in [6, 6.07) is -0.367. The van der Waals surface area contributed by atoms with Crippen molar-refractivity contribution in [3.63, 3.8) is 0 Å². The van der Waals surface area contributed by atoms with Crippen LogP contribution in [0.25, 0.3) is 0 Å². The Balaban J connectivity index is 2.09. The van der Waals surface area contributed by atoms with Crippen molar-refractivity contribution in [2.75, 3.05) is 19.7 Å². The Kier molecular flexibility index (Phi) is 3.22. The highest BCUT2D eigenvalue weighted by Gasteiger charge is 2.50. The van der Waals surface area contributed by atoms with Gasteiger partial charge >= 0.3 is 5.97 Å². The molecular formula is C12H21NO3. The first kappa shape index (κ1) is 11.9. The fourth-order valence-corrected chi connectivity index (χ4v) is 3.54. The van der Waals surface area contributed by atoms with E-state index in [1.54, 1.807) is 0 Å². The molecule has 16 heavy (non-hydrogen) atoms. The molecule has 0 spiro atoms. The van der Waals surface area contributed by atoms with Crippen LogP contribution in [0.4, 0.5) is 0 Å². The Labute approximate surface area is 96.3 Å². The van der Waals surface area contributed by atoms with E-state index in [0.29, 0.717) is 12.3 Å². The molecule has 0 aromatic carbocycles. The summed E-state index contributed by atoms with van der Waals surface area (Å²) >= 11 is 0. The van der Waals surface area contributed by atoms with E-state index in [2.05, 4.69) is 4.90 Å². The molecule has 4 heteroatoms. The molecule has 0 aromatic heterocycles. The van der Waals surface area contributed by atoms with Crippen LogP contribution in [-0.4, -0.2) is 46.8 Å². The van der Waals surface area contributed by atoms with Crippen molar-refractivity contribution in [3.8, 4) is 0 Å². The largest absolute Gasteiger partial charge is 0.480 e. The topological polar surface area (TPSA) is 60.8 Å². The summed E-state index contributed by atoms with van der Waals surface area (Å²) in [6.07, 6.45) is 4.03. The number of aliphatic hydroxyl groups is 1. The van der Waals surface area contributed by atoms with Crippen LogP contribution in [-0.2, 0) is 4.79 Å². The molecule has 1 heterocycles. The number of carbonyl (C=O) groups is 1. The van der Waals surface area contributed by atoms with E-state index in [1.165, 1.54) is 6.42 Å². The first-order valence-corrected chi connectivity index (χ1v) is 6.20. The molecule has 2 rings (SSSR count). The number of likely N-dealkylation sites (tertiary alicyclic amines) is 1. The maximum absolute atomic E-state index is 11.1.